The number of carbonyl (C=O) groups excluding carboxylic acids is 2. The lowest BCUT2D eigenvalue weighted by Gasteiger charge is -2.17. The average molecular weight is 442 g/mol. The highest BCUT2D eigenvalue weighted by Gasteiger charge is 2.10. The largest absolute Gasteiger partial charge is 0.377 e. The molecule has 3 rings (SSSR count). The molecule has 0 radical (unpaired) electrons. The molecule has 3 aromatic rings. The Morgan fingerprint density at radius 2 is 1.87 bits per heavy atom. The third kappa shape index (κ3) is 6.34. The first kappa shape index (κ1) is 21.9. The van der Waals surface area contributed by atoms with Crippen LogP contribution in [0.15, 0.2) is 66.0 Å². The molecular formula is C23H24ClN3O2S. The van der Waals surface area contributed by atoms with Crippen LogP contribution in [0.1, 0.15) is 41.0 Å². The summed E-state index contributed by atoms with van der Waals surface area (Å²) in [6.45, 7) is 2.52. The first-order valence-corrected chi connectivity index (χ1v) is 11.0. The smallest absolute Gasteiger partial charge is 0.261 e. The highest BCUT2D eigenvalue weighted by molar-refractivity contribution is 7.12. The minimum absolute atomic E-state index is 0.105. The van der Waals surface area contributed by atoms with Gasteiger partial charge in [-0.1, -0.05) is 48.0 Å². The first-order chi connectivity index (χ1) is 14.5. The highest BCUT2D eigenvalue weighted by atomic mass is 35.5. The molecule has 0 aliphatic heterocycles. The summed E-state index contributed by atoms with van der Waals surface area (Å²) in [6, 6.07) is 19.2. The molecule has 1 unspecified atom stereocenters. The summed E-state index contributed by atoms with van der Waals surface area (Å²) in [6.07, 6.45) is 0.873. The second-order valence-electron chi connectivity index (χ2n) is 6.86. The summed E-state index contributed by atoms with van der Waals surface area (Å²) < 4.78 is 0. The van der Waals surface area contributed by atoms with E-state index in [2.05, 4.69) is 35.0 Å². The summed E-state index contributed by atoms with van der Waals surface area (Å²) in [7, 11) is 0. The number of anilines is 2. The topological polar surface area (TPSA) is 70.2 Å². The summed E-state index contributed by atoms with van der Waals surface area (Å²) >= 11 is 7.79. The summed E-state index contributed by atoms with van der Waals surface area (Å²) in [5.41, 5.74) is 2.62. The Morgan fingerprint density at radius 1 is 1.07 bits per heavy atom. The number of halogens is 1. The Hall–Kier alpha value is -2.83. The predicted octanol–water partition coefficient (Wildman–Crippen LogP) is 5.72. The maximum atomic E-state index is 12.2. The maximum absolute atomic E-state index is 12.2. The van der Waals surface area contributed by atoms with Gasteiger partial charge in [-0.25, -0.2) is 0 Å². The average Bonchev–Trinajstić information content (AvgIpc) is 3.29. The molecule has 2 amide bonds. The van der Waals surface area contributed by atoms with Gasteiger partial charge in [0.2, 0.25) is 5.91 Å². The third-order valence-corrected chi connectivity index (χ3v) is 5.72. The van der Waals surface area contributed by atoms with Crippen LogP contribution in [0.3, 0.4) is 0 Å². The highest BCUT2D eigenvalue weighted by Crippen LogP contribution is 2.29. The van der Waals surface area contributed by atoms with E-state index in [1.165, 1.54) is 11.3 Å². The van der Waals surface area contributed by atoms with Crippen molar-refractivity contribution >= 4 is 46.1 Å². The zero-order valence-corrected chi connectivity index (χ0v) is 18.2. The standard InChI is InChI=1S/C23H24ClN3O2S/c1-16(17-7-3-2-4-8-17)26-20-12-11-18(15-19(20)24)27-22(28)10-5-13-25-23(29)21-9-6-14-30-21/h2-4,6-9,11-12,14-16,26H,5,10,13H2,1H3,(H,25,29)(H,27,28). The Morgan fingerprint density at radius 3 is 2.57 bits per heavy atom. The number of benzene rings is 2. The molecule has 3 N–H and O–H groups in total. The summed E-state index contributed by atoms with van der Waals surface area (Å²) in [5, 5.41) is 11.4. The van der Waals surface area contributed by atoms with E-state index in [4.69, 9.17) is 11.6 Å². The summed E-state index contributed by atoms with van der Waals surface area (Å²) in [4.78, 5) is 24.7. The molecule has 30 heavy (non-hydrogen) atoms. The molecule has 7 heteroatoms. The fraction of sp³-hybridized carbons (Fsp3) is 0.217. The van der Waals surface area contributed by atoms with Gasteiger partial charge in [-0.2, -0.15) is 0 Å². The van der Waals surface area contributed by atoms with Crippen molar-refractivity contribution in [3.8, 4) is 0 Å². The first-order valence-electron chi connectivity index (χ1n) is 9.75. The van der Waals surface area contributed by atoms with Gasteiger partial charge in [-0.05, 0) is 48.6 Å². The van der Waals surface area contributed by atoms with Crippen LogP contribution in [0.5, 0.6) is 0 Å². The molecule has 1 atom stereocenters. The number of amides is 2. The van der Waals surface area contributed by atoms with E-state index in [0.29, 0.717) is 35.0 Å². The van der Waals surface area contributed by atoms with E-state index in [1.54, 1.807) is 12.1 Å². The molecule has 1 aromatic heterocycles. The fourth-order valence-corrected chi connectivity index (χ4v) is 3.81. The van der Waals surface area contributed by atoms with Crippen molar-refractivity contribution in [3.05, 3.63) is 81.5 Å². The molecule has 0 saturated carbocycles. The van der Waals surface area contributed by atoms with Gasteiger partial charge in [0.25, 0.3) is 5.91 Å². The third-order valence-electron chi connectivity index (χ3n) is 4.54. The van der Waals surface area contributed by atoms with Crippen molar-refractivity contribution in [1.29, 1.82) is 0 Å². The fourth-order valence-electron chi connectivity index (χ4n) is 2.94. The van der Waals surface area contributed by atoms with Crippen molar-refractivity contribution in [2.75, 3.05) is 17.2 Å². The number of hydrogen-bond donors (Lipinski definition) is 3. The van der Waals surface area contributed by atoms with E-state index >= 15 is 0 Å². The van der Waals surface area contributed by atoms with Gasteiger partial charge in [0, 0.05) is 24.7 Å². The van der Waals surface area contributed by atoms with E-state index < -0.39 is 0 Å². The molecule has 0 fully saturated rings. The van der Waals surface area contributed by atoms with Crippen LogP contribution in [0.4, 0.5) is 11.4 Å². The van der Waals surface area contributed by atoms with Gasteiger partial charge in [-0.3, -0.25) is 9.59 Å². The lowest BCUT2D eigenvalue weighted by molar-refractivity contribution is -0.116. The SMILES string of the molecule is CC(Nc1ccc(NC(=O)CCCNC(=O)c2cccs2)cc1Cl)c1ccccc1. The van der Waals surface area contributed by atoms with Crippen LogP contribution in [0.25, 0.3) is 0 Å². The van der Waals surface area contributed by atoms with Crippen molar-refractivity contribution in [3.63, 3.8) is 0 Å². The lowest BCUT2D eigenvalue weighted by atomic mass is 10.1. The second-order valence-corrected chi connectivity index (χ2v) is 8.21. The second kappa shape index (κ2) is 10.8. The predicted molar refractivity (Wildman–Crippen MR) is 124 cm³/mol. The zero-order valence-electron chi connectivity index (χ0n) is 16.7. The number of nitrogens with one attached hydrogen (secondary N) is 3. The normalized spacial score (nSPS) is 11.5. The monoisotopic (exact) mass is 441 g/mol. The van der Waals surface area contributed by atoms with E-state index in [0.717, 1.165) is 11.3 Å². The van der Waals surface area contributed by atoms with Crippen LogP contribution in [0, 0.1) is 0 Å². The van der Waals surface area contributed by atoms with Gasteiger partial charge in [-0.15, -0.1) is 11.3 Å². The number of rotatable bonds is 9. The molecule has 0 aliphatic rings. The van der Waals surface area contributed by atoms with E-state index in [9.17, 15) is 9.59 Å². The van der Waals surface area contributed by atoms with E-state index in [-0.39, 0.29) is 17.9 Å². The zero-order chi connectivity index (χ0) is 21.3. The van der Waals surface area contributed by atoms with Crippen LogP contribution in [-0.4, -0.2) is 18.4 Å². The van der Waals surface area contributed by atoms with E-state index in [1.807, 2.05) is 41.8 Å². The van der Waals surface area contributed by atoms with Gasteiger partial charge in [0.1, 0.15) is 0 Å². The van der Waals surface area contributed by atoms with Crippen LogP contribution in [0.2, 0.25) is 5.02 Å². The van der Waals surface area contributed by atoms with Crippen LogP contribution < -0.4 is 16.0 Å². The number of thiophene rings is 1. The van der Waals surface area contributed by atoms with Gasteiger partial charge >= 0.3 is 0 Å². The Bertz CT molecular complexity index is 977. The maximum Gasteiger partial charge on any atom is 0.261 e. The Kier molecular flexibility index (Phi) is 7.88. The van der Waals surface area contributed by atoms with Crippen molar-refractivity contribution in [2.45, 2.75) is 25.8 Å². The minimum Gasteiger partial charge on any atom is -0.377 e. The molecule has 156 valence electrons. The quantitative estimate of drug-likeness (QED) is 0.372. The van der Waals surface area contributed by atoms with Crippen LogP contribution in [-0.2, 0) is 4.79 Å². The molecule has 0 saturated heterocycles. The van der Waals surface area contributed by atoms with Crippen molar-refractivity contribution in [1.82, 2.24) is 5.32 Å². The van der Waals surface area contributed by atoms with Crippen molar-refractivity contribution in [2.24, 2.45) is 0 Å². The molecular weight excluding hydrogens is 418 g/mol. The molecule has 0 bridgehead atoms. The summed E-state index contributed by atoms with van der Waals surface area (Å²) in [5.74, 6) is -0.222. The Labute approximate surface area is 185 Å². The van der Waals surface area contributed by atoms with Crippen molar-refractivity contribution < 1.29 is 9.59 Å². The molecule has 5 nitrogen and oxygen atoms in total. The number of carbonyl (C=O) groups is 2. The lowest BCUT2D eigenvalue weighted by Crippen LogP contribution is -2.24. The van der Waals surface area contributed by atoms with Gasteiger partial charge in [0.15, 0.2) is 0 Å². The van der Waals surface area contributed by atoms with Gasteiger partial charge in [0.05, 0.1) is 15.6 Å². The Balaban J connectivity index is 1.44. The molecule has 2 aromatic carbocycles. The number of hydrogen-bond acceptors (Lipinski definition) is 4. The minimum atomic E-state index is -0.116. The van der Waals surface area contributed by atoms with Gasteiger partial charge < -0.3 is 16.0 Å². The molecule has 0 spiro atoms. The molecule has 0 aliphatic carbocycles. The molecule has 1 heterocycles. The van der Waals surface area contributed by atoms with Crippen LogP contribution >= 0.6 is 22.9 Å².